The van der Waals surface area contributed by atoms with Crippen molar-refractivity contribution in [3.63, 3.8) is 0 Å². The quantitative estimate of drug-likeness (QED) is 0.665. The number of methoxy groups -OCH3 is 1. The van der Waals surface area contributed by atoms with E-state index in [0.29, 0.717) is 18.9 Å². The molecule has 1 aliphatic rings. The van der Waals surface area contributed by atoms with Crippen LogP contribution in [0.5, 0.6) is 0 Å². The number of nitrogens with zero attached hydrogens (tertiary/aromatic N) is 3. The molecule has 0 radical (unpaired) electrons. The first kappa shape index (κ1) is 10.9. The van der Waals surface area contributed by atoms with E-state index in [9.17, 15) is 4.79 Å². The van der Waals surface area contributed by atoms with Gasteiger partial charge in [0.15, 0.2) is 5.69 Å². The van der Waals surface area contributed by atoms with E-state index >= 15 is 0 Å². The van der Waals surface area contributed by atoms with Gasteiger partial charge in [-0.3, -0.25) is 4.68 Å². The monoisotopic (exact) mass is 225 g/mol. The minimum atomic E-state index is -0.360. The fraction of sp³-hybridized carbons (Fsp3) is 0.600. The average Bonchev–Trinajstić information content (AvgIpc) is 2.71. The molecule has 0 N–H and O–H groups in total. The number of rotatable bonds is 2. The summed E-state index contributed by atoms with van der Waals surface area (Å²) in [6, 6.07) is 0. The van der Waals surface area contributed by atoms with Crippen LogP contribution in [0.2, 0.25) is 0 Å². The van der Waals surface area contributed by atoms with Gasteiger partial charge in [-0.2, -0.15) is 5.10 Å². The Kier molecular flexibility index (Phi) is 3.09. The zero-order valence-corrected chi connectivity index (χ0v) is 9.47. The molecule has 1 fully saturated rings. The van der Waals surface area contributed by atoms with E-state index in [4.69, 9.17) is 9.47 Å². The molecule has 6 heteroatoms. The van der Waals surface area contributed by atoms with E-state index in [1.165, 1.54) is 11.8 Å². The molecule has 1 aromatic rings. The van der Waals surface area contributed by atoms with Crippen molar-refractivity contribution in [2.75, 3.05) is 38.3 Å². The predicted molar refractivity (Wildman–Crippen MR) is 57.6 cm³/mol. The van der Waals surface area contributed by atoms with Crippen molar-refractivity contribution in [2.45, 2.75) is 0 Å². The number of hydrogen-bond donors (Lipinski definition) is 0. The normalized spacial score (nSPS) is 16.2. The Labute approximate surface area is 93.7 Å². The van der Waals surface area contributed by atoms with Crippen molar-refractivity contribution < 1.29 is 14.3 Å². The van der Waals surface area contributed by atoms with E-state index in [1.807, 2.05) is 0 Å². The van der Waals surface area contributed by atoms with Crippen LogP contribution in [0.15, 0.2) is 6.20 Å². The second-order valence-electron chi connectivity index (χ2n) is 3.59. The van der Waals surface area contributed by atoms with Crippen LogP contribution in [0.3, 0.4) is 0 Å². The lowest BCUT2D eigenvalue weighted by Crippen LogP contribution is -2.37. The highest BCUT2D eigenvalue weighted by atomic mass is 16.5. The van der Waals surface area contributed by atoms with E-state index < -0.39 is 0 Å². The molecule has 0 spiro atoms. The summed E-state index contributed by atoms with van der Waals surface area (Å²) in [6.45, 7) is 2.90. The van der Waals surface area contributed by atoms with Crippen LogP contribution in [0.1, 0.15) is 10.5 Å². The van der Waals surface area contributed by atoms with Gasteiger partial charge in [-0.1, -0.05) is 0 Å². The molecule has 0 atom stereocenters. The van der Waals surface area contributed by atoms with Crippen molar-refractivity contribution in [2.24, 2.45) is 7.05 Å². The molecular weight excluding hydrogens is 210 g/mol. The molecule has 88 valence electrons. The molecule has 1 saturated heterocycles. The van der Waals surface area contributed by atoms with Crippen LogP contribution in [0, 0.1) is 0 Å². The Balaban J connectivity index is 2.29. The standard InChI is InChI=1S/C10H15N3O3/c1-12-9(10(14)15-2)8(7-11-12)13-3-5-16-6-4-13/h7H,3-6H2,1-2H3. The van der Waals surface area contributed by atoms with Gasteiger partial charge in [0.2, 0.25) is 0 Å². The Bertz CT molecular complexity index is 383. The van der Waals surface area contributed by atoms with Gasteiger partial charge < -0.3 is 14.4 Å². The Hall–Kier alpha value is -1.56. The number of aryl methyl sites for hydroxylation is 1. The number of ether oxygens (including phenoxy) is 2. The molecule has 6 nitrogen and oxygen atoms in total. The maximum Gasteiger partial charge on any atom is 0.358 e. The molecule has 0 aromatic carbocycles. The zero-order valence-electron chi connectivity index (χ0n) is 9.47. The summed E-state index contributed by atoms with van der Waals surface area (Å²) in [5.74, 6) is -0.360. The number of morpholine rings is 1. The molecule has 1 aromatic heterocycles. The van der Waals surface area contributed by atoms with Gasteiger partial charge in [0, 0.05) is 20.1 Å². The number of carbonyl (C=O) groups excluding carboxylic acids is 1. The lowest BCUT2D eigenvalue weighted by molar-refractivity contribution is 0.0588. The summed E-state index contributed by atoms with van der Waals surface area (Å²) >= 11 is 0. The van der Waals surface area contributed by atoms with E-state index in [0.717, 1.165) is 18.8 Å². The molecule has 0 bridgehead atoms. The predicted octanol–water partition coefficient (Wildman–Crippen LogP) is 0.0433. The third-order valence-corrected chi connectivity index (χ3v) is 2.65. The second kappa shape index (κ2) is 4.52. The van der Waals surface area contributed by atoms with E-state index in [-0.39, 0.29) is 5.97 Å². The first-order valence-electron chi connectivity index (χ1n) is 5.17. The Morgan fingerprint density at radius 2 is 2.19 bits per heavy atom. The summed E-state index contributed by atoms with van der Waals surface area (Å²) in [7, 11) is 3.11. The SMILES string of the molecule is COC(=O)c1c(N2CCOCC2)cnn1C. The van der Waals surface area contributed by atoms with Gasteiger partial charge in [0.05, 0.1) is 32.2 Å². The average molecular weight is 225 g/mol. The smallest absolute Gasteiger partial charge is 0.358 e. The molecule has 0 aliphatic carbocycles. The molecule has 0 unspecified atom stereocenters. The second-order valence-corrected chi connectivity index (χ2v) is 3.59. The summed E-state index contributed by atoms with van der Waals surface area (Å²) in [4.78, 5) is 13.7. The number of carbonyl (C=O) groups is 1. The zero-order chi connectivity index (χ0) is 11.5. The van der Waals surface area contributed by atoms with Gasteiger partial charge in [-0.25, -0.2) is 4.79 Å². The third-order valence-electron chi connectivity index (χ3n) is 2.65. The number of esters is 1. The van der Waals surface area contributed by atoms with Crippen LogP contribution >= 0.6 is 0 Å². The Morgan fingerprint density at radius 1 is 1.50 bits per heavy atom. The Morgan fingerprint density at radius 3 is 2.81 bits per heavy atom. The number of hydrogen-bond acceptors (Lipinski definition) is 5. The largest absolute Gasteiger partial charge is 0.464 e. The summed E-state index contributed by atoms with van der Waals surface area (Å²) in [5.41, 5.74) is 1.31. The van der Waals surface area contributed by atoms with Gasteiger partial charge in [-0.05, 0) is 0 Å². The van der Waals surface area contributed by atoms with Crippen molar-refractivity contribution in [1.82, 2.24) is 9.78 Å². The maximum atomic E-state index is 11.6. The van der Waals surface area contributed by atoms with Crippen LogP contribution in [-0.2, 0) is 16.5 Å². The fourth-order valence-electron chi connectivity index (χ4n) is 1.79. The van der Waals surface area contributed by atoms with Crippen LogP contribution in [0.25, 0.3) is 0 Å². The topological polar surface area (TPSA) is 56.6 Å². The van der Waals surface area contributed by atoms with Gasteiger partial charge >= 0.3 is 5.97 Å². The molecule has 2 heterocycles. The molecule has 0 saturated carbocycles. The highest BCUT2D eigenvalue weighted by Crippen LogP contribution is 2.21. The first-order chi connectivity index (χ1) is 7.74. The highest BCUT2D eigenvalue weighted by Gasteiger charge is 2.23. The van der Waals surface area contributed by atoms with Gasteiger partial charge in [0.25, 0.3) is 0 Å². The number of anilines is 1. The summed E-state index contributed by atoms with van der Waals surface area (Å²) in [5, 5.41) is 4.09. The molecular formula is C10H15N3O3. The van der Waals surface area contributed by atoms with Crippen molar-refractivity contribution in [3.05, 3.63) is 11.9 Å². The van der Waals surface area contributed by atoms with E-state index in [1.54, 1.807) is 13.2 Å². The first-order valence-corrected chi connectivity index (χ1v) is 5.17. The van der Waals surface area contributed by atoms with Crippen molar-refractivity contribution >= 4 is 11.7 Å². The summed E-state index contributed by atoms with van der Waals surface area (Å²) < 4.78 is 11.6. The fourth-order valence-corrected chi connectivity index (χ4v) is 1.79. The van der Waals surface area contributed by atoms with Gasteiger partial charge in [-0.15, -0.1) is 0 Å². The van der Waals surface area contributed by atoms with Crippen LogP contribution in [-0.4, -0.2) is 49.2 Å². The van der Waals surface area contributed by atoms with Crippen molar-refractivity contribution in [3.8, 4) is 0 Å². The minimum Gasteiger partial charge on any atom is -0.464 e. The molecule has 1 aliphatic heterocycles. The third kappa shape index (κ3) is 1.88. The minimum absolute atomic E-state index is 0.360. The number of aromatic nitrogens is 2. The molecule has 2 rings (SSSR count). The molecule has 0 amide bonds. The van der Waals surface area contributed by atoms with E-state index in [2.05, 4.69) is 10.00 Å². The highest BCUT2D eigenvalue weighted by molar-refractivity contribution is 5.93. The summed E-state index contributed by atoms with van der Waals surface area (Å²) in [6.07, 6.45) is 1.69. The van der Waals surface area contributed by atoms with Crippen LogP contribution < -0.4 is 4.90 Å². The van der Waals surface area contributed by atoms with Gasteiger partial charge in [0.1, 0.15) is 0 Å². The molecule has 16 heavy (non-hydrogen) atoms. The lowest BCUT2D eigenvalue weighted by atomic mass is 10.3. The lowest BCUT2D eigenvalue weighted by Gasteiger charge is -2.28. The van der Waals surface area contributed by atoms with Crippen molar-refractivity contribution in [1.29, 1.82) is 0 Å². The van der Waals surface area contributed by atoms with Crippen LogP contribution in [0.4, 0.5) is 5.69 Å². The maximum absolute atomic E-state index is 11.6.